The van der Waals surface area contributed by atoms with Crippen LogP contribution in [0.5, 0.6) is 5.75 Å². The van der Waals surface area contributed by atoms with Gasteiger partial charge in [0.2, 0.25) is 5.72 Å². The molecule has 3 heterocycles. The Labute approximate surface area is 238 Å². The van der Waals surface area contributed by atoms with Crippen LogP contribution in [0, 0.1) is 6.92 Å². The molecule has 2 unspecified atom stereocenters. The van der Waals surface area contributed by atoms with Crippen LogP contribution >= 0.6 is 0 Å². The summed E-state index contributed by atoms with van der Waals surface area (Å²) in [7, 11) is 2.11. The van der Waals surface area contributed by atoms with Gasteiger partial charge in [-0.25, -0.2) is 0 Å². The highest BCUT2D eigenvalue weighted by Crippen LogP contribution is 2.54. The molecule has 0 radical (unpaired) electrons. The van der Waals surface area contributed by atoms with Crippen molar-refractivity contribution in [1.82, 2.24) is 4.90 Å². The van der Waals surface area contributed by atoms with Crippen LogP contribution < -0.4 is 9.64 Å². The topological polar surface area (TPSA) is 42.0 Å². The zero-order chi connectivity index (χ0) is 28.1. The summed E-state index contributed by atoms with van der Waals surface area (Å²) in [5.41, 5.74) is 5.02. The van der Waals surface area contributed by atoms with Crippen molar-refractivity contribution in [3.05, 3.63) is 101 Å². The van der Waals surface area contributed by atoms with E-state index >= 15 is 0 Å². The van der Waals surface area contributed by atoms with E-state index in [9.17, 15) is 4.79 Å². The largest absolute Gasteiger partial charge is 0.463 e. The zero-order valence-electron chi connectivity index (χ0n) is 24.4. The molecule has 0 aliphatic carbocycles. The van der Waals surface area contributed by atoms with Crippen LogP contribution in [0.25, 0.3) is 6.08 Å². The molecule has 3 aromatic carbocycles. The minimum absolute atomic E-state index is 0.165. The lowest BCUT2D eigenvalue weighted by Gasteiger charge is -2.46. The van der Waals surface area contributed by atoms with Gasteiger partial charge in [0.15, 0.2) is 5.78 Å². The Bertz CT molecular complexity index is 1460. The number of Topliss-reactive ketones (excluding diaryl/α,β-unsaturated/α-hetero) is 1. The average molecular weight is 537 g/mol. The molecule has 3 aromatic rings. The monoisotopic (exact) mass is 536 g/mol. The first-order valence-corrected chi connectivity index (χ1v) is 14.5. The van der Waals surface area contributed by atoms with Gasteiger partial charge in [0.05, 0.1) is 24.2 Å². The summed E-state index contributed by atoms with van der Waals surface area (Å²) in [5.74, 6) is 0.971. The average Bonchev–Trinajstić information content (AvgIpc) is 3.13. The summed E-state index contributed by atoms with van der Waals surface area (Å²) in [5, 5.41) is 0. The van der Waals surface area contributed by atoms with Gasteiger partial charge in [0.1, 0.15) is 5.75 Å². The number of carbonyl (C=O) groups excluding carboxylic acids is 1. The van der Waals surface area contributed by atoms with Crippen molar-refractivity contribution in [1.29, 1.82) is 0 Å². The van der Waals surface area contributed by atoms with Crippen LogP contribution in [-0.2, 0) is 16.6 Å². The first-order valence-electron chi connectivity index (χ1n) is 14.5. The molecule has 3 aliphatic rings. The van der Waals surface area contributed by atoms with E-state index < -0.39 is 11.3 Å². The number of fused-ring (bicyclic) bond motifs is 2. The zero-order valence-corrected chi connectivity index (χ0v) is 24.4. The van der Waals surface area contributed by atoms with E-state index in [1.165, 1.54) is 22.4 Å². The summed E-state index contributed by atoms with van der Waals surface area (Å²) in [4.78, 5) is 19.1. The Kier molecular flexibility index (Phi) is 6.63. The Hall–Kier alpha value is -3.41. The molecule has 5 heteroatoms. The quantitative estimate of drug-likeness (QED) is 0.340. The van der Waals surface area contributed by atoms with Gasteiger partial charge in [0.25, 0.3) is 0 Å². The van der Waals surface area contributed by atoms with Crippen molar-refractivity contribution in [3.8, 4) is 5.75 Å². The number of likely N-dealkylation sites (N-methyl/N-ethyl adjacent to an activating group) is 1. The summed E-state index contributed by atoms with van der Waals surface area (Å²) < 4.78 is 12.6. The molecule has 208 valence electrons. The molecule has 1 spiro atoms. The number of benzene rings is 3. The van der Waals surface area contributed by atoms with Crippen LogP contribution in [0.3, 0.4) is 0 Å². The van der Waals surface area contributed by atoms with E-state index in [1.807, 2.05) is 24.3 Å². The third-order valence-electron chi connectivity index (χ3n) is 9.57. The molecule has 1 saturated heterocycles. The van der Waals surface area contributed by atoms with E-state index in [4.69, 9.17) is 9.47 Å². The van der Waals surface area contributed by atoms with Gasteiger partial charge in [-0.15, -0.1) is 0 Å². The SMILES string of the molecule is CCC(Cc1ccccc1)(C(=O)c1ccc2c(c1)C=CC1(O2)N(C)c2ccc(C)cc2C1(C)C)N1CCOCC1. The number of anilines is 1. The lowest BCUT2D eigenvalue weighted by atomic mass is 9.76. The van der Waals surface area contributed by atoms with E-state index in [-0.39, 0.29) is 11.2 Å². The normalized spacial score (nSPS) is 22.9. The van der Waals surface area contributed by atoms with E-state index in [2.05, 4.69) is 99.2 Å². The van der Waals surface area contributed by atoms with Gasteiger partial charge in [-0.3, -0.25) is 9.69 Å². The lowest BCUT2D eigenvalue weighted by Crippen LogP contribution is -2.59. The molecular formula is C35H40N2O3. The van der Waals surface area contributed by atoms with Crippen molar-refractivity contribution in [2.45, 2.75) is 57.2 Å². The Morgan fingerprint density at radius 1 is 1.00 bits per heavy atom. The third kappa shape index (κ3) is 4.02. The number of rotatable bonds is 6. The number of ether oxygens (including phenoxy) is 2. The molecular weight excluding hydrogens is 496 g/mol. The minimum Gasteiger partial charge on any atom is -0.463 e. The molecule has 40 heavy (non-hydrogen) atoms. The van der Waals surface area contributed by atoms with Crippen LogP contribution in [-0.4, -0.2) is 55.3 Å². The van der Waals surface area contributed by atoms with Gasteiger partial charge >= 0.3 is 0 Å². The number of ketones is 1. The van der Waals surface area contributed by atoms with Crippen LogP contribution in [0.1, 0.15) is 59.8 Å². The van der Waals surface area contributed by atoms with Crippen LogP contribution in [0.2, 0.25) is 0 Å². The summed E-state index contributed by atoms with van der Waals surface area (Å²) in [6, 6.07) is 23.0. The lowest BCUT2D eigenvalue weighted by molar-refractivity contribution is -0.0163. The maximum Gasteiger partial charge on any atom is 0.211 e. The molecule has 0 amide bonds. The van der Waals surface area contributed by atoms with Gasteiger partial charge < -0.3 is 14.4 Å². The molecule has 0 bridgehead atoms. The number of nitrogens with zero attached hydrogens (tertiary/aromatic N) is 2. The maximum absolute atomic E-state index is 14.5. The van der Waals surface area contributed by atoms with Gasteiger partial charge in [-0.1, -0.05) is 55.0 Å². The highest BCUT2D eigenvalue weighted by Gasteiger charge is 2.57. The fourth-order valence-electron chi connectivity index (χ4n) is 7.11. The number of carbonyl (C=O) groups is 1. The van der Waals surface area contributed by atoms with Crippen molar-refractivity contribution in [3.63, 3.8) is 0 Å². The van der Waals surface area contributed by atoms with Gasteiger partial charge in [0, 0.05) is 37.0 Å². The van der Waals surface area contributed by atoms with Crippen LogP contribution in [0.15, 0.2) is 72.8 Å². The van der Waals surface area contributed by atoms with E-state index in [0.717, 1.165) is 36.4 Å². The second-order valence-electron chi connectivity index (χ2n) is 12.1. The van der Waals surface area contributed by atoms with Crippen LogP contribution in [0.4, 0.5) is 5.69 Å². The number of aryl methyl sites for hydroxylation is 1. The molecule has 2 atom stereocenters. The smallest absolute Gasteiger partial charge is 0.211 e. The summed E-state index contributed by atoms with van der Waals surface area (Å²) >= 11 is 0. The minimum atomic E-state index is -0.643. The molecule has 1 fully saturated rings. The fraction of sp³-hybridized carbons (Fsp3) is 0.400. The molecule has 3 aliphatic heterocycles. The predicted octanol–water partition coefficient (Wildman–Crippen LogP) is 6.43. The number of morpholine rings is 1. The highest BCUT2D eigenvalue weighted by molar-refractivity contribution is 6.04. The van der Waals surface area contributed by atoms with Crippen molar-refractivity contribution in [2.24, 2.45) is 0 Å². The second-order valence-corrected chi connectivity index (χ2v) is 12.1. The molecule has 0 saturated carbocycles. The van der Waals surface area contributed by atoms with Crippen molar-refractivity contribution >= 4 is 17.5 Å². The third-order valence-corrected chi connectivity index (χ3v) is 9.57. The Morgan fingerprint density at radius 3 is 2.48 bits per heavy atom. The predicted molar refractivity (Wildman–Crippen MR) is 161 cm³/mol. The standard InChI is InChI=1S/C35H40N2O3/c1-6-34(37-18-20-39-21-19-37,24-26-10-8-7-9-11-26)32(38)28-13-15-31-27(23-28)16-17-35(40-31)33(3,4)29-22-25(2)12-14-30(29)36(35)5/h7-17,22-23H,6,18-21,24H2,1-5H3. The summed E-state index contributed by atoms with van der Waals surface area (Å²) in [6.45, 7) is 11.6. The fourth-order valence-corrected chi connectivity index (χ4v) is 7.11. The maximum atomic E-state index is 14.5. The Balaban J connectivity index is 1.36. The second kappa shape index (κ2) is 9.90. The molecule has 0 N–H and O–H groups in total. The highest BCUT2D eigenvalue weighted by atomic mass is 16.5. The van der Waals surface area contributed by atoms with Gasteiger partial charge in [-0.2, -0.15) is 0 Å². The molecule has 6 rings (SSSR count). The van der Waals surface area contributed by atoms with Gasteiger partial charge in [-0.05, 0) is 81.2 Å². The van der Waals surface area contributed by atoms with E-state index in [1.54, 1.807) is 0 Å². The molecule has 5 nitrogen and oxygen atoms in total. The van der Waals surface area contributed by atoms with Crippen molar-refractivity contribution < 1.29 is 14.3 Å². The number of hydrogen-bond acceptors (Lipinski definition) is 5. The Morgan fingerprint density at radius 2 is 1.75 bits per heavy atom. The molecule has 0 aromatic heterocycles. The van der Waals surface area contributed by atoms with E-state index in [0.29, 0.717) is 19.6 Å². The first kappa shape index (κ1) is 26.8. The first-order chi connectivity index (χ1) is 19.2. The number of hydrogen-bond donors (Lipinski definition) is 0. The van der Waals surface area contributed by atoms with Crippen molar-refractivity contribution in [2.75, 3.05) is 38.3 Å². The summed E-state index contributed by atoms with van der Waals surface area (Å²) in [6.07, 6.45) is 5.72.